The molecule has 1 aromatic rings. The minimum absolute atomic E-state index is 0.991. The van der Waals surface area contributed by atoms with Gasteiger partial charge in [-0.3, -0.25) is 0 Å². The van der Waals surface area contributed by atoms with Gasteiger partial charge in [-0.05, 0) is 6.20 Å². The summed E-state index contributed by atoms with van der Waals surface area (Å²) >= 11 is 0. The Labute approximate surface area is 73.5 Å². The zero-order valence-electron chi connectivity index (χ0n) is 7.24. The fraction of sp³-hybridized carbons (Fsp3) is 0.300. The Hall–Kier alpha value is -1.31. The van der Waals surface area contributed by atoms with Crippen LogP contribution < -0.4 is 9.88 Å². The second kappa shape index (κ2) is 5.35. The number of aryl methyl sites for hydroxylation is 1. The van der Waals surface area contributed by atoms with Gasteiger partial charge in [0.25, 0.3) is 0 Å². The molecule has 0 atom stereocenters. The first kappa shape index (κ1) is 8.78. The van der Waals surface area contributed by atoms with Gasteiger partial charge in [0.2, 0.25) is 0 Å². The molecule has 2 nitrogen and oxygen atoms in total. The molecule has 0 aromatic carbocycles. The molecule has 1 aromatic heterocycles. The van der Waals surface area contributed by atoms with Crippen LogP contribution in [0.5, 0.6) is 0 Å². The van der Waals surface area contributed by atoms with E-state index >= 15 is 0 Å². The van der Waals surface area contributed by atoms with Gasteiger partial charge in [-0.2, -0.15) is 0 Å². The summed E-state index contributed by atoms with van der Waals surface area (Å²) in [5, 5.41) is 3.07. The van der Waals surface area contributed by atoms with Crippen molar-refractivity contribution in [2.75, 3.05) is 6.54 Å². The van der Waals surface area contributed by atoms with Gasteiger partial charge in [0, 0.05) is 25.1 Å². The van der Waals surface area contributed by atoms with Crippen LogP contribution in [0, 0.1) is 0 Å². The van der Waals surface area contributed by atoms with E-state index in [9.17, 15) is 0 Å². The van der Waals surface area contributed by atoms with Crippen LogP contribution in [-0.2, 0) is 6.54 Å². The van der Waals surface area contributed by atoms with Crippen LogP contribution in [0.1, 0.15) is 6.42 Å². The van der Waals surface area contributed by atoms with Crippen LogP contribution >= 0.6 is 0 Å². The van der Waals surface area contributed by atoms with Crippen molar-refractivity contribution in [3.8, 4) is 0 Å². The average molecular weight is 163 g/mol. The van der Waals surface area contributed by atoms with Crippen molar-refractivity contribution >= 4 is 0 Å². The van der Waals surface area contributed by atoms with E-state index in [2.05, 4.69) is 28.9 Å². The van der Waals surface area contributed by atoms with E-state index < -0.39 is 0 Å². The monoisotopic (exact) mass is 163 g/mol. The Balaban J connectivity index is 2.20. The van der Waals surface area contributed by atoms with Crippen molar-refractivity contribution < 1.29 is 4.57 Å². The molecule has 0 saturated heterocycles. The summed E-state index contributed by atoms with van der Waals surface area (Å²) in [5.74, 6) is 0. The summed E-state index contributed by atoms with van der Waals surface area (Å²) < 4.78 is 2.17. The van der Waals surface area contributed by atoms with E-state index in [1.165, 1.54) is 0 Å². The first-order valence-corrected chi connectivity index (χ1v) is 4.22. The lowest BCUT2D eigenvalue weighted by Crippen LogP contribution is -2.33. The minimum Gasteiger partial charge on any atom is -0.391 e. The second-order valence-electron chi connectivity index (χ2n) is 2.63. The van der Waals surface area contributed by atoms with E-state index in [1.54, 1.807) is 6.20 Å². The maximum atomic E-state index is 3.59. The summed E-state index contributed by atoms with van der Waals surface area (Å²) in [6, 6.07) is 6.11. The molecule has 0 radical (unpaired) electrons. The molecule has 0 amide bonds. The van der Waals surface area contributed by atoms with Gasteiger partial charge in [0.1, 0.15) is 6.54 Å². The summed E-state index contributed by atoms with van der Waals surface area (Å²) in [5.41, 5.74) is 0. The standard InChI is InChI=1S/C10H15N2/c1-2-11-7-6-10-12-8-4-3-5-9-12/h2-5,8-9,11H,1,6-7,10H2/q+1. The number of rotatable bonds is 5. The van der Waals surface area contributed by atoms with Crippen molar-refractivity contribution in [1.29, 1.82) is 0 Å². The fourth-order valence-electron chi connectivity index (χ4n) is 1.05. The lowest BCUT2D eigenvalue weighted by atomic mass is 10.4. The maximum absolute atomic E-state index is 3.59. The zero-order valence-corrected chi connectivity index (χ0v) is 7.24. The molecule has 0 aliphatic carbocycles. The number of hydrogen-bond donors (Lipinski definition) is 1. The van der Waals surface area contributed by atoms with E-state index in [4.69, 9.17) is 0 Å². The average Bonchev–Trinajstić information content (AvgIpc) is 2.14. The highest BCUT2D eigenvalue weighted by Gasteiger charge is 1.94. The third-order valence-electron chi connectivity index (χ3n) is 1.66. The Morgan fingerprint density at radius 2 is 2.00 bits per heavy atom. The SMILES string of the molecule is C=CNCCC[n+]1ccccc1. The molecule has 0 bridgehead atoms. The minimum atomic E-state index is 0.991. The molecule has 0 aliphatic rings. The quantitative estimate of drug-likeness (QED) is 0.507. The first-order chi connectivity index (χ1) is 5.93. The van der Waals surface area contributed by atoms with Crippen LogP contribution in [0.3, 0.4) is 0 Å². The Morgan fingerprint density at radius 3 is 2.67 bits per heavy atom. The van der Waals surface area contributed by atoms with E-state index in [-0.39, 0.29) is 0 Å². The Bertz CT molecular complexity index is 219. The molecule has 0 fully saturated rings. The highest BCUT2D eigenvalue weighted by atomic mass is 14.9. The second-order valence-corrected chi connectivity index (χ2v) is 2.63. The lowest BCUT2D eigenvalue weighted by molar-refractivity contribution is -0.697. The van der Waals surface area contributed by atoms with Crippen LogP contribution in [0.25, 0.3) is 0 Å². The molecule has 0 spiro atoms. The third-order valence-corrected chi connectivity index (χ3v) is 1.66. The molecule has 1 rings (SSSR count). The van der Waals surface area contributed by atoms with Crippen molar-refractivity contribution in [3.63, 3.8) is 0 Å². The molecule has 1 N–H and O–H groups in total. The van der Waals surface area contributed by atoms with E-state index in [0.29, 0.717) is 0 Å². The van der Waals surface area contributed by atoms with Crippen molar-refractivity contribution in [2.24, 2.45) is 0 Å². The predicted octanol–water partition coefficient (Wildman–Crippen LogP) is 1.10. The molecule has 0 aliphatic heterocycles. The fourth-order valence-corrected chi connectivity index (χ4v) is 1.05. The molecule has 12 heavy (non-hydrogen) atoms. The number of aromatic nitrogens is 1. The largest absolute Gasteiger partial charge is 0.391 e. The Morgan fingerprint density at radius 1 is 1.25 bits per heavy atom. The molecular formula is C10H15N2+. The number of nitrogens with one attached hydrogen (secondary N) is 1. The molecule has 0 unspecified atom stereocenters. The highest BCUT2D eigenvalue weighted by Crippen LogP contribution is 1.80. The maximum Gasteiger partial charge on any atom is 0.168 e. The normalized spacial score (nSPS) is 9.33. The van der Waals surface area contributed by atoms with Crippen molar-refractivity contribution in [2.45, 2.75) is 13.0 Å². The Kier molecular flexibility index (Phi) is 3.92. The molecule has 64 valence electrons. The summed E-state index contributed by atoms with van der Waals surface area (Å²) in [4.78, 5) is 0. The molecule has 2 heteroatoms. The van der Waals surface area contributed by atoms with Crippen molar-refractivity contribution in [1.82, 2.24) is 5.32 Å². The number of pyridine rings is 1. The molecule has 0 saturated carbocycles. The topological polar surface area (TPSA) is 15.9 Å². The van der Waals surface area contributed by atoms with Crippen LogP contribution in [0.4, 0.5) is 0 Å². The van der Waals surface area contributed by atoms with Crippen LogP contribution in [0.2, 0.25) is 0 Å². The first-order valence-electron chi connectivity index (χ1n) is 4.22. The van der Waals surface area contributed by atoms with Gasteiger partial charge >= 0.3 is 0 Å². The van der Waals surface area contributed by atoms with E-state index in [0.717, 1.165) is 19.5 Å². The molecule has 1 heterocycles. The van der Waals surface area contributed by atoms with Gasteiger partial charge in [-0.1, -0.05) is 12.6 Å². The summed E-state index contributed by atoms with van der Waals surface area (Å²) in [7, 11) is 0. The molecular weight excluding hydrogens is 148 g/mol. The van der Waals surface area contributed by atoms with Crippen LogP contribution in [-0.4, -0.2) is 6.54 Å². The van der Waals surface area contributed by atoms with Gasteiger partial charge in [0.15, 0.2) is 12.4 Å². The number of hydrogen-bond acceptors (Lipinski definition) is 1. The third kappa shape index (κ3) is 3.19. The van der Waals surface area contributed by atoms with Gasteiger partial charge in [0.05, 0.1) is 0 Å². The summed E-state index contributed by atoms with van der Waals surface area (Å²) in [6.45, 7) is 5.64. The van der Waals surface area contributed by atoms with Crippen molar-refractivity contribution in [3.05, 3.63) is 43.4 Å². The van der Waals surface area contributed by atoms with Gasteiger partial charge < -0.3 is 5.32 Å². The summed E-state index contributed by atoms with van der Waals surface area (Å²) in [6.07, 6.45) is 7.01. The number of nitrogens with zero attached hydrogens (tertiary/aromatic N) is 1. The predicted molar refractivity (Wildman–Crippen MR) is 49.5 cm³/mol. The van der Waals surface area contributed by atoms with E-state index in [1.807, 2.05) is 18.2 Å². The smallest absolute Gasteiger partial charge is 0.168 e. The van der Waals surface area contributed by atoms with Gasteiger partial charge in [-0.25, -0.2) is 4.57 Å². The lowest BCUT2D eigenvalue weighted by Gasteiger charge is -1.97. The van der Waals surface area contributed by atoms with Crippen LogP contribution in [0.15, 0.2) is 43.4 Å². The highest BCUT2D eigenvalue weighted by molar-refractivity contribution is 4.83. The zero-order chi connectivity index (χ0) is 8.65. The van der Waals surface area contributed by atoms with Gasteiger partial charge in [-0.15, -0.1) is 0 Å².